The molecule has 0 aliphatic carbocycles. The molecule has 0 aromatic heterocycles. The zero-order valence-electron chi connectivity index (χ0n) is 32.4. The van der Waals surface area contributed by atoms with Crippen molar-refractivity contribution < 1.29 is 264 Å². The first kappa shape index (κ1) is 151. The minimum absolute atomic E-state index is 0. The van der Waals surface area contributed by atoms with Gasteiger partial charge >= 0.3 is 259 Å². The van der Waals surface area contributed by atoms with Crippen molar-refractivity contribution in [2.24, 2.45) is 0 Å². The topological polar surface area (TPSA) is 27.7 Å². The molecular weight excluding hydrogens is 1350 g/mol. The van der Waals surface area contributed by atoms with Crippen LogP contribution in [0.15, 0.2) is 54.6 Å². The molecule has 10 heteroatoms. The molecule has 0 radical (unpaired) electrons. The molecule has 46 heavy (non-hydrogen) atoms. The van der Waals surface area contributed by atoms with Crippen molar-refractivity contribution in [3.8, 4) is 17.2 Å². The van der Waals surface area contributed by atoms with Crippen molar-refractivity contribution in [2.45, 2.75) is 0 Å². The van der Waals surface area contributed by atoms with E-state index in [1.807, 2.05) is 0 Å². The summed E-state index contributed by atoms with van der Waals surface area (Å²) in [6, 6.07) is 32.7. The summed E-state index contributed by atoms with van der Waals surface area (Å²) in [4.78, 5) is 0. The summed E-state index contributed by atoms with van der Waals surface area (Å²) < 4.78 is 17.1. The first-order chi connectivity index (χ1) is 10.9. The normalized spacial score (nSPS) is 4.89. The number of hydrogen-bond donors (Lipinski definition) is 0. The Hall–Kier alpha value is 5.75. The van der Waals surface area contributed by atoms with E-state index in [2.05, 4.69) is 36.4 Å². The minimum atomic E-state index is -1.72. The summed E-state index contributed by atoms with van der Waals surface area (Å²) in [5.74, 6) is 1.53. The van der Waals surface area contributed by atoms with E-state index in [0.29, 0.717) is 17.2 Å². The molecule has 3 aromatic rings. The van der Waals surface area contributed by atoms with Crippen LogP contribution in [0.1, 0.15) is 0 Å². The standard InChI is InChI=1S/C18H9O3P.18CH3.6Ce/c1-4-10-16(11-5-1)19-22(20-17-12-6-2-7-13-17)21-18-14-8-3-9-15-18;;;;;;;;;;;;;;;;;;;;;;;;/h4-10,12,14H;18*1H3;;;;;;/q-6;18*-1;6*+4. The Morgan fingerprint density at radius 1 is 0.326 bits per heavy atom. The SMILES string of the molecule is [CH3-].[CH3-].[CH3-].[CH3-].[CH3-].[CH3-].[CH3-].[CH3-].[CH3-].[CH3-].[CH3-].[CH3-].[CH3-].[CH3-].[CH3-].[CH3-].[CH3-].[CH3-].[Ce+4].[Ce+4].[Ce+4].[Ce+4].[Ce+4].[Ce+4].[c-]1c[c-]c(OP(Oc2[c-]c[c-]cc2)Oc2[c-]c[c-]cc2)cc1. The van der Waals surface area contributed by atoms with E-state index in [9.17, 15) is 0 Å². The van der Waals surface area contributed by atoms with Gasteiger partial charge in [-0.15, -0.1) is 0 Å². The molecule has 0 bridgehead atoms. The van der Waals surface area contributed by atoms with Gasteiger partial charge in [-0.05, 0) is 0 Å². The molecule has 0 unspecified atom stereocenters. The molecule has 0 amide bonds. The van der Waals surface area contributed by atoms with Crippen LogP contribution in [0.2, 0.25) is 0 Å². The third-order valence-corrected chi connectivity index (χ3v) is 3.44. The fourth-order valence-corrected chi connectivity index (χ4v) is 2.40. The molecule has 0 N–H and O–H groups in total. The van der Waals surface area contributed by atoms with Crippen molar-refractivity contribution in [3.05, 3.63) is 225 Å². The van der Waals surface area contributed by atoms with Crippen LogP contribution in [-0.4, -0.2) is 0 Å². The smallest absolute Gasteiger partial charge is 0.460 e. The second-order valence-corrected chi connectivity index (χ2v) is 4.95. The second kappa shape index (κ2) is 98.3. The third-order valence-electron chi connectivity index (χ3n) is 2.40. The monoisotopic (exact) mass is 1410 g/mol. The molecular formula is C36H63Ce6O3P. The van der Waals surface area contributed by atoms with Crippen LogP contribution in [0.25, 0.3) is 0 Å². The fraction of sp³-hybridized carbons (Fsp3) is 0. The van der Waals surface area contributed by atoms with Gasteiger partial charge in [-0.2, -0.15) is 0 Å². The van der Waals surface area contributed by atoms with E-state index in [0.717, 1.165) is 0 Å². The summed E-state index contributed by atoms with van der Waals surface area (Å²) >= 11 is 0. The number of benzene rings is 3. The van der Waals surface area contributed by atoms with Crippen molar-refractivity contribution in [3.63, 3.8) is 0 Å². The van der Waals surface area contributed by atoms with Gasteiger partial charge in [0.1, 0.15) is 0 Å². The first-order valence-corrected chi connectivity index (χ1v) is 7.47. The minimum Gasteiger partial charge on any atom is -0.460 e. The summed E-state index contributed by atoms with van der Waals surface area (Å²) in [6.07, 6.45) is 0. The predicted molar refractivity (Wildman–Crippen MR) is 197 cm³/mol. The van der Waals surface area contributed by atoms with Crippen molar-refractivity contribution >= 4 is 8.60 Å². The Kier molecular flexibility index (Phi) is 322. The third kappa shape index (κ3) is 67.8. The quantitative estimate of drug-likeness (QED) is 0.182. The van der Waals surface area contributed by atoms with Crippen molar-refractivity contribution in [2.75, 3.05) is 0 Å². The van der Waals surface area contributed by atoms with Gasteiger partial charge in [-0.1, -0.05) is 17.2 Å². The van der Waals surface area contributed by atoms with E-state index in [1.165, 1.54) is 0 Å². The van der Waals surface area contributed by atoms with Crippen LogP contribution in [0.4, 0.5) is 0 Å². The maximum Gasteiger partial charge on any atom is 4.00 e. The predicted octanol–water partition coefficient (Wildman–Crippen LogP) is 12.4. The molecule has 3 aromatic carbocycles. The maximum absolute atomic E-state index is 5.71. The molecule has 0 aliphatic rings. The zero-order valence-corrected chi connectivity index (χ0v) is 52.1. The molecule has 0 spiro atoms. The summed E-state index contributed by atoms with van der Waals surface area (Å²) in [5.41, 5.74) is 0. The molecule has 3 nitrogen and oxygen atoms in total. The van der Waals surface area contributed by atoms with Gasteiger partial charge < -0.3 is 202 Å². The van der Waals surface area contributed by atoms with Crippen LogP contribution in [-0.2, 0) is 0 Å². The fourth-order valence-electron chi connectivity index (χ4n) is 1.47. The molecule has 0 fully saturated rings. The van der Waals surface area contributed by atoms with Gasteiger partial charge in [0, 0.05) is 0 Å². The molecule has 0 saturated carbocycles. The molecule has 254 valence electrons. The Balaban J connectivity index is -0.0000000120. The van der Waals surface area contributed by atoms with E-state index < -0.39 is 8.60 Å². The molecule has 0 heterocycles. The molecule has 3 rings (SSSR count). The van der Waals surface area contributed by atoms with E-state index >= 15 is 0 Å². The average Bonchev–Trinajstić information content (AvgIpc) is 2.57. The zero-order chi connectivity index (χ0) is 15.0. The Labute approximate surface area is 503 Å². The van der Waals surface area contributed by atoms with Gasteiger partial charge in [0.25, 0.3) is 0 Å². The Morgan fingerprint density at radius 2 is 0.500 bits per heavy atom. The first-order valence-electron chi connectivity index (χ1n) is 6.37. The summed E-state index contributed by atoms with van der Waals surface area (Å²) in [7, 11) is -1.72. The van der Waals surface area contributed by atoms with Crippen LogP contribution in [0.3, 0.4) is 0 Å². The van der Waals surface area contributed by atoms with E-state index in [1.54, 1.807) is 54.6 Å². The average molecular weight is 1420 g/mol. The van der Waals surface area contributed by atoms with Gasteiger partial charge in [-0.25, -0.2) is 18.2 Å². The van der Waals surface area contributed by atoms with Gasteiger partial charge in [0.2, 0.25) is 0 Å². The molecule has 0 aliphatic heterocycles. The van der Waals surface area contributed by atoms with Crippen molar-refractivity contribution in [1.29, 1.82) is 0 Å². The molecule has 0 saturated heterocycles. The largest absolute Gasteiger partial charge is 4.00 e. The summed E-state index contributed by atoms with van der Waals surface area (Å²) in [5, 5.41) is 0. The number of rotatable bonds is 6. The van der Waals surface area contributed by atoms with Crippen LogP contribution in [0, 0.1) is 421 Å². The maximum atomic E-state index is 5.71. The van der Waals surface area contributed by atoms with Gasteiger partial charge in [-0.3, -0.25) is 18.2 Å². The van der Waals surface area contributed by atoms with Crippen LogP contribution >= 0.6 is 8.60 Å². The second-order valence-electron chi connectivity index (χ2n) is 3.96. The Bertz CT molecular complexity index is 605. The Morgan fingerprint density at radius 3 is 0.630 bits per heavy atom. The van der Waals surface area contributed by atoms with E-state index in [4.69, 9.17) is 13.6 Å². The van der Waals surface area contributed by atoms with E-state index in [-0.39, 0.29) is 384 Å². The van der Waals surface area contributed by atoms with Crippen LogP contribution < -0.4 is 13.6 Å². The summed E-state index contributed by atoms with van der Waals surface area (Å²) in [6.45, 7) is 0. The van der Waals surface area contributed by atoms with Gasteiger partial charge in [0.05, 0.1) is 0 Å². The molecule has 0 atom stereocenters. The number of hydrogen-bond acceptors (Lipinski definition) is 3. The van der Waals surface area contributed by atoms with Crippen molar-refractivity contribution in [1.82, 2.24) is 0 Å². The van der Waals surface area contributed by atoms with Gasteiger partial charge in [0.15, 0.2) is 0 Å². The van der Waals surface area contributed by atoms with Crippen LogP contribution in [0.5, 0.6) is 17.2 Å².